The van der Waals surface area contributed by atoms with E-state index in [0.29, 0.717) is 6.54 Å². The molecule has 2 rings (SSSR count). The minimum Gasteiger partial charge on any atom is -0.367 e. The summed E-state index contributed by atoms with van der Waals surface area (Å²) in [6.45, 7) is 3.28. The van der Waals surface area contributed by atoms with Crippen molar-refractivity contribution < 1.29 is 4.74 Å². The molecule has 0 atom stereocenters. The van der Waals surface area contributed by atoms with Crippen LogP contribution < -0.4 is 5.73 Å². The Kier molecular flexibility index (Phi) is 3.07. The molecular formula is C11H19N3O. The Hall–Kier alpha value is -0.870. The van der Waals surface area contributed by atoms with Gasteiger partial charge in [-0.25, -0.2) is 4.98 Å². The Balaban J connectivity index is 2.23. The van der Waals surface area contributed by atoms with Gasteiger partial charge in [0.15, 0.2) is 0 Å². The van der Waals surface area contributed by atoms with Crippen LogP contribution in [0.25, 0.3) is 0 Å². The van der Waals surface area contributed by atoms with E-state index in [2.05, 4.69) is 9.97 Å². The molecule has 1 aliphatic rings. The smallest absolute Gasteiger partial charge is 0.138 e. The van der Waals surface area contributed by atoms with Crippen LogP contribution in [-0.4, -0.2) is 16.6 Å². The Morgan fingerprint density at radius 3 is 2.80 bits per heavy atom. The van der Waals surface area contributed by atoms with E-state index in [1.165, 1.54) is 12.8 Å². The molecule has 1 saturated carbocycles. The van der Waals surface area contributed by atoms with Crippen molar-refractivity contribution in [3.05, 3.63) is 17.7 Å². The molecule has 0 aromatic carbocycles. The maximum atomic E-state index is 5.90. The van der Waals surface area contributed by atoms with Crippen LogP contribution in [0.4, 0.5) is 0 Å². The van der Waals surface area contributed by atoms with Crippen molar-refractivity contribution in [2.75, 3.05) is 6.61 Å². The summed E-state index contributed by atoms with van der Waals surface area (Å²) < 4.78 is 5.90. The second-order valence-electron chi connectivity index (χ2n) is 4.10. The Morgan fingerprint density at radius 1 is 1.53 bits per heavy atom. The quantitative estimate of drug-likeness (QED) is 0.793. The number of hydrogen-bond acceptors (Lipinski definition) is 3. The molecule has 15 heavy (non-hydrogen) atoms. The lowest BCUT2D eigenvalue weighted by molar-refractivity contribution is -0.0451. The van der Waals surface area contributed by atoms with Crippen LogP contribution in [0.1, 0.15) is 44.1 Å². The summed E-state index contributed by atoms with van der Waals surface area (Å²) in [5.74, 6) is 0.960. The van der Waals surface area contributed by atoms with Gasteiger partial charge in [0.2, 0.25) is 0 Å². The van der Waals surface area contributed by atoms with E-state index in [-0.39, 0.29) is 5.60 Å². The zero-order valence-electron chi connectivity index (χ0n) is 9.25. The monoisotopic (exact) mass is 209 g/mol. The molecule has 84 valence electrons. The number of aromatic amines is 1. The summed E-state index contributed by atoms with van der Waals surface area (Å²) >= 11 is 0. The van der Waals surface area contributed by atoms with E-state index in [4.69, 9.17) is 10.5 Å². The fourth-order valence-electron chi connectivity index (χ4n) is 2.37. The van der Waals surface area contributed by atoms with Crippen molar-refractivity contribution in [2.45, 2.75) is 44.8 Å². The van der Waals surface area contributed by atoms with E-state index in [0.717, 1.165) is 31.0 Å². The van der Waals surface area contributed by atoms with Gasteiger partial charge in [0, 0.05) is 25.0 Å². The fourth-order valence-corrected chi connectivity index (χ4v) is 2.37. The molecule has 0 unspecified atom stereocenters. The van der Waals surface area contributed by atoms with E-state index in [1.807, 2.05) is 13.1 Å². The van der Waals surface area contributed by atoms with Gasteiger partial charge in [0.1, 0.15) is 11.4 Å². The second kappa shape index (κ2) is 4.33. The van der Waals surface area contributed by atoms with Crippen molar-refractivity contribution in [2.24, 2.45) is 5.73 Å². The summed E-state index contributed by atoms with van der Waals surface area (Å²) in [5.41, 5.74) is 6.38. The minimum absolute atomic E-state index is 0.165. The maximum absolute atomic E-state index is 5.90. The second-order valence-corrected chi connectivity index (χ2v) is 4.10. The number of imidazole rings is 1. The van der Waals surface area contributed by atoms with Gasteiger partial charge in [-0.15, -0.1) is 0 Å². The molecule has 0 amide bonds. The topological polar surface area (TPSA) is 63.9 Å². The first-order chi connectivity index (χ1) is 7.30. The van der Waals surface area contributed by atoms with E-state index in [9.17, 15) is 0 Å². The number of H-pyrrole nitrogens is 1. The first-order valence-electron chi connectivity index (χ1n) is 5.69. The van der Waals surface area contributed by atoms with Gasteiger partial charge >= 0.3 is 0 Å². The zero-order valence-corrected chi connectivity index (χ0v) is 9.25. The fraction of sp³-hybridized carbons (Fsp3) is 0.727. The molecule has 0 spiro atoms. The predicted molar refractivity (Wildman–Crippen MR) is 58.3 cm³/mol. The third-order valence-electron chi connectivity index (χ3n) is 3.11. The third-order valence-corrected chi connectivity index (χ3v) is 3.11. The molecule has 1 aromatic heterocycles. The van der Waals surface area contributed by atoms with Crippen LogP contribution in [0.3, 0.4) is 0 Å². The molecule has 0 saturated heterocycles. The molecule has 0 bridgehead atoms. The van der Waals surface area contributed by atoms with Gasteiger partial charge in [-0.2, -0.15) is 0 Å². The highest BCUT2D eigenvalue weighted by Crippen LogP contribution is 2.40. The van der Waals surface area contributed by atoms with Gasteiger partial charge in [0.05, 0.1) is 0 Å². The maximum Gasteiger partial charge on any atom is 0.138 e. The van der Waals surface area contributed by atoms with Crippen LogP contribution in [0.15, 0.2) is 6.20 Å². The highest BCUT2D eigenvalue weighted by molar-refractivity contribution is 5.10. The molecule has 4 nitrogen and oxygen atoms in total. The zero-order chi connectivity index (χ0) is 10.7. The number of hydrogen-bond donors (Lipinski definition) is 2. The molecule has 4 heteroatoms. The summed E-state index contributed by atoms with van der Waals surface area (Å²) in [6, 6.07) is 0. The Labute approximate surface area is 90.2 Å². The molecule has 1 aromatic rings. The first kappa shape index (κ1) is 10.6. The number of nitrogens with two attached hydrogens (primary N) is 1. The number of rotatable bonds is 4. The summed E-state index contributed by atoms with van der Waals surface area (Å²) in [5, 5.41) is 0. The van der Waals surface area contributed by atoms with E-state index < -0.39 is 0 Å². The van der Waals surface area contributed by atoms with Gasteiger partial charge in [0.25, 0.3) is 0 Å². The highest BCUT2D eigenvalue weighted by Gasteiger charge is 2.38. The lowest BCUT2D eigenvalue weighted by Crippen LogP contribution is -2.27. The van der Waals surface area contributed by atoms with Crippen molar-refractivity contribution in [3.8, 4) is 0 Å². The van der Waals surface area contributed by atoms with E-state index in [1.54, 1.807) is 0 Å². The van der Waals surface area contributed by atoms with Gasteiger partial charge < -0.3 is 15.5 Å². The lowest BCUT2D eigenvalue weighted by Gasteiger charge is -2.26. The summed E-state index contributed by atoms with van der Waals surface area (Å²) in [4.78, 5) is 7.67. The van der Waals surface area contributed by atoms with Crippen LogP contribution in [0.5, 0.6) is 0 Å². The molecule has 1 aliphatic carbocycles. The van der Waals surface area contributed by atoms with Crippen LogP contribution in [0.2, 0.25) is 0 Å². The average Bonchev–Trinajstić information content (AvgIpc) is 2.85. The standard InChI is InChI=1S/C11H19N3O/c1-2-15-11(5-3-4-6-11)10-13-8-9(7-12)14-10/h8H,2-7,12H2,1H3,(H,13,14). The number of aromatic nitrogens is 2. The van der Waals surface area contributed by atoms with Crippen molar-refractivity contribution >= 4 is 0 Å². The summed E-state index contributed by atoms with van der Waals surface area (Å²) in [7, 11) is 0. The highest BCUT2D eigenvalue weighted by atomic mass is 16.5. The molecule has 1 heterocycles. The molecule has 1 fully saturated rings. The third kappa shape index (κ3) is 1.92. The van der Waals surface area contributed by atoms with Crippen LogP contribution in [-0.2, 0) is 16.9 Å². The lowest BCUT2D eigenvalue weighted by atomic mass is 10.0. The normalized spacial score (nSPS) is 19.6. The largest absolute Gasteiger partial charge is 0.367 e. The number of nitrogens with one attached hydrogen (secondary N) is 1. The predicted octanol–water partition coefficient (Wildman–Crippen LogP) is 1.67. The summed E-state index contributed by atoms with van der Waals surface area (Å²) in [6.07, 6.45) is 6.39. The number of nitrogens with zero attached hydrogens (tertiary/aromatic N) is 1. The van der Waals surface area contributed by atoms with E-state index >= 15 is 0 Å². The van der Waals surface area contributed by atoms with Gasteiger partial charge in [-0.1, -0.05) is 0 Å². The molecular weight excluding hydrogens is 190 g/mol. The van der Waals surface area contributed by atoms with Crippen molar-refractivity contribution in [1.82, 2.24) is 9.97 Å². The minimum atomic E-state index is -0.165. The Bertz CT molecular complexity index is 315. The first-order valence-corrected chi connectivity index (χ1v) is 5.69. The molecule has 0 radical (unpaired) electrons. The molecule has 3 N–H and O–H groups in total. The van der Waals surface area contributed by atoms with Gasteiger partial charge in [-0.05, 0) is 32.6 Å². The van der Waals surface area contributed by atoms with Crippen molar-refractivity contribution in [1.29, 1.82) is 0 Å². The van der Waals surface area contributed by atoms with Crippen LogP contribution >= 0.6 is 0 Å². The van der Waals surface area contributed by atoms with Crippen LogP contribution in [0, 0.1) is 0 Å². The SMILES string of the molecule is CCOC1(c2ncc(CN)[nH]2)CCCC1. The molecule has 0 aliphatic heterocycles. The van der Waals surface area contributed by atoms with Crippen molar-refractivity contribution in [3.63, 3.8) is 0 Å². The Morgan fingerprint density at radius 2 is 2.27 bits per heavy atom. The number of ether oxygens (including phenoxy) is 1. The van der Waals surface area contributed by atoms with Gasteiger partial charge in [-0.3, -0.25) is 0 Å². The average molecular weight is 209 g/mol.